The lowest BCUT2D eigenvalue weighted by molar-refractivity contribution is -0.191. The van der Waals surface area contributed by atoms with Crippen LogP contribution >= 0.6 is 0 Å². The molecule has 4 aliphatic carbocycles. The fourth-order valence-electron chi connectivity index (χ4n) is 9.17. The van der Waals surface area contributed by atoms with Crippen molar-refractivity contribution in [3.63, 3.8) is 0 Å². The van der Waals surface area contributed by atoms with Crippen LogP contribution in [0.4, 0.5) is 0 Å². The van der Waals surface area contributed by atoms with E-state index in [4.69, 9.17) is 5.73 Å². The zero-order valence-corrected chi connectivity index (χ0v) is 20.8. The Balaban J connectivity index is 1.53. The Morgan fingerprint density at radius 1 is 1.06 bits per heavy atom. The van der Waals surface area contributed by atoms with Gasteiger partial charge in [0.2, 0.25) is 5.91 Å². The predicted molar refractivity (Wildman–Crippen MR) is 131 cm³/mol. The summed E-state index contributed by atoms with van der Waals surface area (Å²) in [5.74, 6) is 1.82. The van der Waals surface area contributed by atoms with Crippen LogP contribution in [0.2, 0.25) is 0 Å². The molecule has 176 valence electrons. The summed E-state index contributed by atoms with van der Waals surface area (Å²) in [6.07, 6.45) is 10.7. The first kappa shape index (κ1) is 22.4. The molecule has 1 saturated heterocycles. The highest BCUT2D eigenvalue weighted by Crippen LogP contribution is 2.73. The van der Waals surface area contributed by atoms with Gasteiger partial charge in [0.25, 0.3) is 0 Å². The van der Waals surface area contributed by atoms with Crippen molar-refractivity contribution in [3.8, 4) is 0 Å². The van der Waals surface area contributed by atoms with E-state index in [9.17, 15) is 4.79 Å². The summed E-state index contributed by atoms with van der Waals surface area (Å²) >= 11 is 0. The molecule has 5 aliphatic rings. The molecular weight excluding hydrogens is 392 g/mol. The van der Waals surface area contributed by atoms with Crippen molar-refractivity contribution in [2.75, 3.05) is 13.1 Å². The van der Waals surface area contributed by atoms with E-state index in [1.165, 1.54) is 37.7 Å². The van der Waals surface area contributed by atoms with Gasteiger partial charge >= 0.3 is 0 Å². The minimum Gasteiger partial charge on any atom is -0.342 e. The number of likely N-dealkylation sites (tertiary alicyclic amines) is 1. The van der Waals surface area contributed by atoms with E-state index in [1.807, 2.05) is 0 Å². The number of amides is 1. The molecule has 1 heterocycles. The van der Waals surface area contributed by atoms with Crippen molar-refractivity contribution < 1.29 is 4.79 Å². The van der Waals surface area contributed by atoms with Gasteiger partial charge in [-0.25, -0.2) is 0 Å². The van der Waals surface area contributed by atoms with Crippen molar-refractivity contribution in [1.82, 2.24) is 4.90 Å². The Bertz CT molecular complexity index is 843. The number of piperidine rings is 1. The molecule has 3 nitrogen and oxygen atoms in total. The summed E-state index contributed by atoms with van der Waals surface area (Å²) in [4.78, 5) is 16.6. The molecule has 0 radical (unpaired) electrons. The second-order valence-electron chi connectivity index (χ2n) is 12.8. The maximum Gasteiger partial charge on any atom is 0.228 e. The van der Waals surface area contributed by atoms with Crippen molar-refractivity contribution >= 4 is 5.91 Å². The van der Waals surface area contributed by atoms with Gasteiger partial charge in [0.15, 0.2) is 0 Å². The monoisotopic (exact) mass is 436 g/mol. The molecule has 1 aromatic rings. The zero-order chi connectivity index (χ0) is 22.8. The van der Waals surface area contributed by atoms with Crippen LogP contribution in [0.1, 0.15) is 91.0 Å². The molecule has 0 spiro atoms. The van der Waals surface area contributed by atoms with Crippen LogP contribution < -0.4 is 5.73 Å². The normalized spacial score (nSPS) is 42.3. The lowest BCUT2D eigenvalue weighted by atomic mass is 9.35. The third-order valence-electron chi connectivity index (χ3n) is 10.7. The van der Waals surface area contributed by atoms with Gasteiger partial charge in [-0.3, -0.25) is 4.79 Å². The molecule has 32 heavy (non-hydrogen) atoms. The lowest BCUT2D eigenvalue weighted by Gasteiger charge is -2.69. The smallest absolute Gasteiger partial charge is 0.228 e. The number of nitrogens with zero attached hydrogens (tertiary/aromatic N) is 1. The van der Waals surface area contributed by atoms with Crippen LogP contribution in [0.15, 0.2) is 30.3 Å². The third kappa shape index (κ3) is 3.13. The summed E-state index contributed by atoms with van der Waals surface area (Å²) in [7, 11) is 0. The van der Waals surface area contributed by atoms with E-state index in [0.717, 1.165) is 38.8 Å². The molecule has 1 aromatic carbocycles. The molecule has 2 unspecified atom stereocenters. The molecule has 0 aromatic heterocycles. The topological polar surface area (TPSA) is 46.3 Å². The largest absolute Gasteiger partial charge is 0.342 e. The summed E-state index contributed by atoms with van der Waals surface area (Å²) < 4.78 is 0. The Morgan fingerprint density at radius 2 is 1.72 bits per heavy atom. The SMILES string of the molecule is CCCC1(CC)C2CC3(C(=O)N4CC[C@H](N)C(C)(C)C4)CC1CC(c1ccccc1)(C2)C3. The summed E-state index contributed by atoms with van der Waals surface area (Å²) in [6, 6.07) is 11.4. The van der Waals surface area contributed by atoms with Crippen LogP contribution in [0.25, 0.3) is 0 Å². The van der Waals surface area contributed by atoms with Gasteiger partial charge in [-0.2, -0.15) is 0 Å². The number of benzene rings is 1. The van der Waals surface area contributed by atoms with E-state index < -0.39 is 0 Å². The van der Waals surface area contributed by atoms with Crippen molar-refractivity contribution in [1.29, 1.82) is 0 Å². The molecule has 3 atom stereocenters. The first-order chi connectivity index (χ1) is 15.2. The van der Waals surface area contributed by atoms with E-state index in [2.05, 4.69) is 62.9 Å². The van der Waals surface area contributed by atoms with Crippen LogP contribution in [0, 0.1) is 28.1 Å². The summed E-state index contributed by atoms with van der Waals surface area (Å²) in [5.41, 5.74) is 8.40. The van der Waals surface area contributed by atoms with E-state index in [1.54, 1.807) is 0 Å². The molecule has 3 heteroatoms. The van der Waals surface area contributed by atoms with E-state index >= 15 is 0 Å². The Hall–Kier alpha value is -1.35. The fourth-order valence-corrected chi connectivity index (χ4v) is 9.17. The minimum absolute atomic E-state index is 0.00269. The fraction of sp³-hybridized carbons (Fsp3) is 0.759. The molecule has 1 aliphatic heterocycles. The van der Waals surface area contributed by atoms with Crippen molar-refractivity contribution in [3.05, 3.63) is 35.9 Å². The Labute approximate surface area is 195 Å². The first-order valence-electron chi connectivity index (χ1n) is 13.3. The van der Waals surface area contributed by atoms with E-state index in [-0.39, 0.29) is 22.3 Å². The number of hydrogen-bond acceptors (Lipinski definition) is 2. The average molecular weight is 437 g/mol. The van der Waals surface area contributed by atoms with Crippen molar-refractivity contribution in [2.45, 2.75) is 96.9 Å². The standard InChI is InChI=1S/C29H44N2O/c1-5-13-29(6-2)22-15-27(21-10-8-7-9-11-21)16-23(29)18-28(17-22,19-27)25(32)31-14-12-24(30)26(3,4)20-31/h7-11,22-24H,5-6,12-20,30H2,1-4H3/t22?,23?,24-,27?,28?,29?/m0/s1. The molecule has 5 fully saturated rings. The average Bonchev–Trinajstić information content (AvgIpc) is 2.78. The number of carbonyl (C=O) groups is 1. The number of nitrogens with two attached hydrogens (primary N) is 1. The second kappa shape index (κ2) is 7.58. The Kier molecular flexibility index (Phi) is 5.32. The van der Waals surface area contributed by atoms with Gasteiger partial charge in [0.05, 0.1) is 5.41 Å². The number of carbonyl (C=O) groups excluding carboxylic acids is 1. The summed E-state index contributed by atoms with van der Waals surface area (Å²) in [6.45, 7) is 10.9. The van der Waals surface area contributed by atoms with Gasteiger partial charge in [-0.1, -0.05) is 64.4 Å². The zero-order valence-electron chi connectivity index (χ0n) is 20.8. The molecule has 4 saturated carbocycles. The van der Waals surface area contributed by atoms with Gasteiger partial charge in [-0.05, 0) is 85.0 Å². The minimum atomic E-state index is -0.161. The van der Waals surface area contributed by atoms with Gasteiger partial charge in [-0.15, -0.1) is 0 Å². The molecule has 1 amide bonds. The van der Waals surface area contributed by atoms with Gasteiger partial charge < -0.3 is 10.6 Å². The highest BCUT2D eigenvalue weighted by Gasteiger charge is 2.68. The predicted octanol–water partition coefficient (Wildman–Crippen LogP) is 5.92. The molecule has 2 N–H and O–H groups in total. The highest BCUT2D eigenvalue weighted by molar-refractivity contribution is 5.84. The third-order valence-corrected chi connectivity index (χ3v) is 10.7. The summed E-state index contributed by atoms with van der Waals surface area (Å²) in [5, 5.41) is 0. The van der Waals surface area contributed by atoms with Crippen LogP contribution in [0.3, 0.4) is 0 Å². The molecular formula is C29H44N2O. The molecule has 4 bridgehead atoms. The van der Waals surface area contributed by atoms with Crippen LogP contribution in [0.5, 0.6) is 0 Å². The maximum absolute atomic E-state index is 14.4. The van der Waals surface area contributed by atoms with Crippen LogP contribution in [-0.4, -0.2) is 29.9 Å². The quantitative estimate of drug-likeness (QED) is 0.623. The Morgan fingerprint density at radius 3 is 2.28 bits per heavy atom. The number of rotatable bonds is 5. The first-order valence-corrected chi connectivity index (χ1v) is 13.3. The highest BCUT2D eigenvalue weighted by atomic mass is 16.2. The van der Waals surface area contributed by atoms with Gasteiger partial charge in [0.1, 0.15) is 0 Å². The maximum atomic E-state index is 14.4. The van der Waals surface area contributed by atoms with E-state index in [0.29, 0.717) is 23.2 Å². The number of hydrogen-bond donors (Lipinski definition) is 1. The lowest BCUT2D eigenvalue weighted by Crippen LogP contribution is -2.67. The van der Waals surface area contributed by atoms with Crippen LogP contribution in [-0.2, 0) is 10.2 Å². The second-order valence-corrected chi connectivity index (χ2v) is 12.8. The molecule has 6 rings (SSSR count). The van der Waals surface area contributed by atoms with Gasteiger partial charge in [0, 0.05) is 19.1 Å². The van der Waals surface area contributed by atoms with Crippen molar-refractivity contribution in [2.24, 2.45) is 33.8 Å².